The Bertz CT molecular complexity index is 905. The van der Waals surface area contributed by atoms with E-state index in [1.54, 1.807) is 0 Å². The summed E-state index contributed by atoms with van der Waals surface area (Å²) in [5, 5.41) is 2.50. The van der Waals surface area contributed by atoms with E-state index in [9.17, 15) is 23.2 Å². The zero-order chi connectivity index (χ0) is 18.3. The minimum Gasteiger partial charge on any atom is -0.324 e. The summed E-state index contributed by atoms with van der Waals surface area (Å²) in [5.41, 5.74) is 0.0841. The first kappa shape index (κ1) is 16.6. The van der Waals surface area contributed by atoms with E-state index in [1.807, 2.05) is 0 Å². The number of imide groups is 1. The van der Waals surface area contributed by atoms with Crippen LogP contribution < -0.4 is 5.32 Å². The van der Waals surface area contributed by atoms with Crippen LogP contribution in [0.4, 0.5) is 13.6 Å². The number of nitrogens with one attached hydrogen (secondary N) is 1. The second-order valence-corrected chi connectivity index (χ2v) is 5.51. The Labute approximate surface area is 141 Å². The van der Waals surface area contributed by atoms with E-state index in [1.165, 1.54) is 31.0 Å². The van der Waals surface area contributed by atoms with Crippen LogP contribution in [0.15, 0.2) is 35.0 Å². The molecule has 0 bridgehead atoms. The molecule has 25 heavy (non-hydrogen) atoms. The molecule has 4 amide bonds. The van der Waals surface area contributed by atoms with Crippen molar-refractivity contribution in [2.75, 3.05) is 14.1 Å². The summed E-state index contributed by atoms with van der Waals surface area (Å²) in [6, 6.07) is 2.18. The van der Waals surface area contributed by atoms with Crippen LogP contribution >= 0.6 is 0 Å². The van der Waals surface area contributed by atoms with Gasteiger partial charge in [-0.15, -0.1) is 4.99 Å². The summed E-state index contributed by atoms with van der Waals surface area (Å²) >= 11 is 0. The zero-order valence-corrected chi connectivity index (χ0v) is 13.3. The molecule has 0 saturated heterocycles. The first-order chi connectivity index (χ1) is 11.8. The van der Waals surface area contributed by atoms with Gasteiger partial charge in [-0.1, -0.05) is 0 Å². The van der Waals surface area contributed by atoms with Crippen LogP contribution in [0.25, 0.3) is 0 Å². The summed E-state index contributed by atoms with van der Waals surface area (Å²) in [4.78, 5) is 41.6. The third-order valence-corrected chi connectivity index (χ3v) is 3.96. The number of aliphatic imine (C=N–C) groups is 1. The fourth-order valence-corrected chi connectivity index (χ4v) is 2.59. The predicted octanol–water partition coefficient (Wildman–Crippen LogP) is 0.912. The van der Waals surface area contributed by atoms with Crippen LogP contribution in [0.5, 0.6) is 0 Å². The fraction of sp³-hybridized carbons (Fsp3) is 0.188. The standard InChI is InChI=1S/C16H12F2N4O3/c1-21-13-12(15(24)22(2)16(21)25)11(5-6-19-13)20-14(23)8-3-4-9(17)10(18)7-8/h3-7,12H,1-2H3/p+1. The highest BCUT2D eigenvalue weighted by molar-refractivity contribution is 6.16. The highest BCUT2D eigenvalue weighted by atomic mass is 19.2. The number of nitrogens with zero attached hydrogens (tertiary/aromatic N) is 3. The molecule has 9 heteroatoms. The summed E-state index contributed by atoms with van der Waals surface area (Å²) in [7, 11) is 2.79. The molecule has 1 unspecified atom stereocenters. The maximum absolute atomic E-state index is 13.3. The number of amidine groups is 1. The number of carbonyl (C=O) groups is 3. The molecule has 0 spiro atoms. The van der Waals surface area contributed by atoms with Gasteiger partial charge in [-0.2, -0.15) is 9.48 Å². The van der Waals surface area contributed by atoms with Crippen molar-refractivity contribution in [3.63, 3.8) is 0 Å². The van der Waals surface area contributed by atoms with E-state index in [0.29, 0.717) is 0 Å². The average molecular weight is 347 g/mol. The van der Waals surface area contributed by atoms with Gasteiger partial charge < -0.3 is 5.32 Å². The zero-order valence-electron chi connectivity index (χ0n) is 13.3. The van der Waals surface area contributed by atoms with Crippen LogP contribution in [0.1, 0.15) is 10.4 Å². The van der Waals surface area contributed by atoms with E-state index in [2.05, 4.69) is 10.3 Å². The molecule has 1 N–H and O–H groups in total. The van der Waals surface area contributed by atoms with E-state index < -0.39 is 35.4 Å². The monoisotopic (exact) mass is 347 g/mol. The van der Waals surface area contributed by atoms with Gasteiger partial charge in [0.2, 0.25) is 0 Å². The summed E-state index contributed by atoms with van der Waals surface area (Å²) in [6.07, 6.45) is 2.76. The van der Waals surface area contributed by atoms with Crippen molar-refractivity contribution in [1.29, 1.82) is 0 Å². The van der Waals surface area contributed by atoms with Gasteiger partial charge in [-0.25, -0.2) is 13.6 Å². The topological polar surface area (TPSA) is 81.8 Å². The molecule has 0 fully saturated rings. The van der Waals surface area contributed by atoms with E-state index >= 15 is 0 Å². The van der Waals surface area contributed by atoms with Crippen LogP contribution in [0, 0.1) is 17.6 Å². The van der Waals surface area contributed by atoms with Crippen LogP contribution in [0.2, 0.25) is 0 Å². The Morgan fingerprint density at radius 2 is 2.00 bits per heavy atom. The molecule has 2 aliphatic rings. The van der Waals surface area contributed by atoms with Crippen molar-refractivity contribution < 1.29 is 27.7 Å². The van der Waals surface area contributed by atoms with Crippen molar-refractivity contribution in [3.8, 4) is 0 Å². The van der Waals surface area contributed by atoms with Crippen molar-refractivity contribution in [2.24, 2.45) is 10.9 Å². The normalized spacial score (nSPS) is 19.8. The lowest BCUT2D eigenvalue weighted by molar-refractivity contribution is -0.407. The van der Waals surface area contributed by atoms with Crippen molar-refractivity contribution in [1.82, 2.24) is 10.2 Å². The molecule has 0 aliphatic carbocycles. The van der Waals surface area contributed by atoms with Gasteiger partial charge in [0.25, 0.3) is 11.7 Å². The third-order valence-electron chi connectivity index (χ3n) is 3.96. The molecule has 1 aromatic carbocycles. The first-order valence-electron chi connectivity index (χ1n) is 7.24. The number of carbonyl (C=O) groups excluding carboxylic acids is 3. The average Bonchev–Trinajstić information content (AvgIpc) is 2.60. The molecule has 7 nitrogen and oxygen atoms in total. The van der Waals surface area contributed by atoms with Gasteiger partial charge in [0.15, 0.2) is 17.6 Å². The molecule has 0 aromatic heterocycles. The number of rotatable bonds is 2. The second kappa shape index (κ2) is 6.00. The minimum atomic E-state index is -1.15. The molecule has 1 atom stereocenters. The number of amides is 4. The summed E-state index contributed by atoms with van der Waals surface area (Å²) in [6.45, 7) is 0. The Balaban J connectivity index is 1.92. The predicted molar refractivity (Wildman–Crippen MR) is 83.2 cm³/mol. The van der Waals surface area contributed by atoms with Gasteiger partial charge in [0.1, 0.15) is 6.21 Å². The quantitative estimate of drug-likeness (QED) is 0.808. The fourth-order valence-electron chi connectivity index (χ4n) is 2.59. The Hall–Kier alpha value is -3.23. The second-order valence-electron chi connectivity index (χ2n) is 5.51. The van der Waals surface area contributed by atoms with E-state index in [-0.39, 0.29) is 17.1 Å². The van der Waals surface area contributed by atoms with E-state index in [0.717, 1.165) is 23.1 Å². The number of urea groups is 1. The lowest BCUT2D eigenvalue weighted by Crippen LogP contribution is -2.54. The maximum atomic E-state index is 13.3. The van der Waals surface area contributed by atoms with Crippen molar-refractivity contribution in [2.45, 2.75) is 0 Å². The molecule has 1 aromatic rings. The Morgan fingerprint density at radius 3 is 2.68 bits per heavy atom. The van der Waals surface area contributed by atoms with Gasteiger partial charge in [-0.05, 0) is 24.3 Å². The molecule has 0 radical (unpaired) electrons. The molecule has 128 valence electrons. The van der Waals surface area contributed by atoms with Gasteiger partial charge in [-0.3, -0.25) is 9.59 Å². The SMILES string of the molecule is CN1C(=O)C2C(NC(=O)c3ccc(F)c(F)c3)=CC=NC2=[N+](C)C1=O. The maximum Gasteiger partial charge on any atom is 0.445 e. The number of hydrogen-bond acceptors (Lipinski definition) is 4. The van der Waals surface area contributed by atoms with Crippen LogP contribution in [-0.2, 0) is 4.79 Å². The van der Waals surface area contributed by atoms with E-state index in [4.69, 9.17) is 0 Å². The highest BCUT2D eigenvalue weighted by Crippen LogP contribution is 2.22. The molecule has 2 heterocycles. The smallest absolute Gasteiger partial charge is 0.324 e. The highest BCUT2D eigenvalue weighted by Gasteiger charge is 2.47. The molecule has 2 aliphatic heterocycles. The van der Waals surface area contributed by atoms with Crippen molar-refractivity contribution in [3.05, 3.63) is 47.2 Å². The first-order valence-corrected chi connectivity index (χ1v) is 7.24. The largest absolute Gasteiger partial charge is 0.445 e. The summed E-state index contributed by atoms with van der Waals surface area (Å²) < 4.78 is 27.5. The van der Waals surface area contributed by atoms with Gasteiger partial charge in [0, 0.05) is 11.3 Å². The molecule has 0 saturated carbocycles. The third kappa shape index (κ3) is 2.73. The van der Waals surface area contributed by atoms with Crippen LogP contribution in [0.3, 0.4) is 0 Å². The summed E-state index contributed by atoms with van der Waals surface area (Å²) in [5.74, 6) is -4.27. The number of dihydropyridines is 1. The van der Waals surface area contributed by atoms with Crippen LogP contribution in [-0.4, -0.2) is 53.5 Å². The minimum absolute atomic E-state index is 0.107. The molecular formula is C16H13F2N4O3+. The molecular weight excluding hydrogens is 334 g/mol. The number of hydrogen-bond donors (Lipinski definition) is 1. The number of benzene rings is 1. The van der Waals surface area contributed by atoms with Crippen molar-refractivity contribution >= 4 is 29.9 Å². The number of allylic oxidation sites excluding steroid dienone is 1. The van der Waals surface area contributed by atoms with Gasteiger partial charge >= 0.3 is 11.9 Å². The lowest BCUT2D eigenvalue weighted by atomic mass is 9.97. The lowest BCUT2D eigenvalue weighted by Gasteiger charge is -2.26. The Morgan fingerprint density at radius 1 is 1.28 bits per heavy atom. The Kier molecular flexibility index (Phi) is 3.99. The van der Waals surface area contributed by atoms with Gasteiger partial charge in [0.05, 0.1) is 14.1 Å². The number of halogens is 2. The number of fused-ring (bicyclic) bond motifs is 1. The molecule has 3 rings (SSSR count).